The highest BCUT2D eigenvalue weighted by Gasteiger charge is 2.19. The van der Waals surface area contributed by atoms with E-state index in [1.807, 2.05) is 31.2 Å². The van der Waals surface area contributed by atoms with Crippen LogP contribution in [0.25, 0.3) is 10.1 Å². The highest BCUT2D eigenvalue weighted by Crippen LogP contribution is 2.36. The van der Waals surface area contributed by atoms with Gasteiger partial charge in [-0.1, -0.05) is 29.3 Å². The SMILES string of the molecule is Cc1ccc(NC(=O)Cc2nc(COC(=O)c3sc4cc(F)ccc4c3Cl)cs2)cc1. The Morgan fingerprint density at radius 1 is 1.19 bits per heavy atom. The highest BCUT2D eigenvalue weighted by molar-refractivity contribution is 7.21. The molecule has 0 saturated carbocycles. The normalized spacial score (nSPS) is 10.9. The van der Waals surface area contributed by atoms with Gasteiger partial charge in [-0.15, -0.1) is 22.7 Å². The number of nitrogens with zero attached hydrogens (tertiary/aromatic N) is 1. The fraction of sp³-hybridized carbons (Fsp3) is 0.136. The second-order valence-corrected chi connectivity index (χ2v) is 9.16. The first-order valence-electron chi connectivity index (χ1n) is 9.23. The standard InChI is InChI=1S/C22H16ClFN2O3S2/c1-12-2-5-14(6-3-12)25-18(27)9-19-26-15(11-30-19)10-29-22(28)21-20(23)16-7-4-13(24)8-17(16)31-21/h2-8,11H,9-10H2,1H3,(H,25,27). The quantitative estimate of drug-likeness (QED) is 0.348. The Balaban J connectivity index is 1.35. The van der Waals surface area contributed by atoms with E-state index in [1.165, 1.54) is 29.5 Å². The monoisotopic (exact) mass is 474 g/mol. The van der Waals surface area contributed by atoms with E-state index in [-0.39, 0.29) is 28.8 Å². The summed E-state index contributed by atoms with van der Waals surface area (Å²) in [5.41, 5.74) is 2.38. The number of thiophene rings is 1. The average Bonchev–Trinajstić information content (AvgIpc) is 3.31. The number of thiazole rings is 1. The van der Waals surface area contributed by atoms with Crippen LogP contribution in [-0.2, 0) is 22.6 Å². The maximum atomic E-state index is 13.4. The van der Waals surface area contributed by atoms with E-state index in [0.29, 0.717) is 20.8 Å². The summed E-state index contributed by atoms with van der Waals surface area (Å²) in [4.78, 5) is 29.2. The van der Waals surface area contributed by atoms with Crippen molar-refractivity contribution in [3.8, 4) is 0 Å². The number of nitrogens with one attached hydrogen (secondary N) is 1. The summed E-state index contributed by atoms with van der Waals surface area (Å²) < 4.78 is 19.3. The molecule has 0 saturated heterocycles. The van der Waals surface area contributed by atoms with E-state index < -0.39 is 11.8 Å². The minimum absolute atomic E-state index is 0.0478. The van der Waals surface area contributed by atoms with Crippen LogP contribution < -0.4 is 5.32 Å². The molecular weight excluding hydrogens is 459 g/mol. The maximum absolute atomic E-state index is 13.4. The van der Waals surface area contributed by atoms with Crippen molar-refractivity contribution in [2.75, 3.05) is 5.32 Å². The molecule has 0 bridgehead atoms. The molecule has 0 aliphatic heterocycles. The number of benzene rings is 2. The number of aromatic nitrogens is 1. The van der Waals surface area contributed by atoms with E-state index >= 15 is 0 Å². The maximum Gasteiger partial charge on any atom is 0.350 e. The van der Waals surface area contributed by atoms with E-state index in [1.54, 1.807) is 5.38 Å². The molecule has 2 aromatic heterocycles. The summed E-state index contributed by atoms with van der Waals surface area (Å²) >= 11 is 8.65. The summed E-state index contributed by atoms with van der Waals surface area (Å²) in [6, 6.07) is 11.7. The molecule has 0 spiro atoms. The molecule has 2 heterocycles. The topological polar surface area (TPSA) is 68.3 Å². The molecule has 4 rings (SSSR count). The van der Waals surface area contributed by atoms with Crippen molar-refractivity contribution in [3.63, 3.8) is 0 Å². The molecule has 2 aromatic carbocycles. The lowest BCUT2D eigenvalue weighted by Crippen LogP contribution is -2.14. The van der Waals surface area contributed by atoms with Crippen LogP contribution in [0.3, 0.4) is 0 Å². The van der Waals surface area contributed by atoms with E-state index in [0.717, 1.165) is 22.6 Å². The number of ether oxygens (including phenoxy) is 1. The van der Waals surface area contributed by atoms with E-state index in [2.05, 4.69) is 10.3 Å². The van der Waals surface area contributed by atoms with Crippen molar-refractivity contribution in [2.45, 2.75) is 20.0 Å². The molecule has 158 valence electrons. The fourth-order valence-corrected chi connectivity index (χ4v) is 5.06. The van der Waals surface area contributed by atoms with Crippen LogP contribution in [-0.4, -0.2) is 16.9 Å². The van der Waals surface area contributed by atoms with Crippen molar-refractivity contribution >= 4 is 61.9 Å². The molecule has 31 heavy (non-hydrogen) atoms. The van der Waals surface area contributed by atoms with Crippen LogP contribution in [0.1, 0.15) is 25.9 Å². The first-order chi connectivity index (χ1) is 14.9. The lowest BCUT2D eigenvalue weighted by atomic mass is 10.2. The molecule has 0 aliphatic rings. The van der Waals surface area contributed by atoms with Gasteiger partial charge in [0.15, 0.2) is 0 Å². The van der Waals surface area contributed by atoms with E-state index in [9.17, 15) is 14.0 Å². The zero-order chi connectivity index (χ0) is 22.0. The summed E-state index contributed by atoms with van der Waals surface area (Å²) in [6.45, 7) is 1.93. The molecule has 0 aliphatic carbocycles. The van der Waals surface area contributed by atoms with Crippen LogP contribution >= 0.6 is 34.3 Å². The number of hydrogen-bond donors (Lipinski definition) is 1. The predicted molar refractivity (Wildman–Crippen MR) is 122 cm³/mol. The van der Waals surface area contributed by atoms with Crippen LogP contribution in [0.15, 0.2) is 47.8 Å². The van der Waals surface area contributed by atoms with Crippen LogP contribution in [0.4, 0.5) is 10.1 Å². The third-order valence-electron chi connectivity index (χ3n) is 4.37. The van der Waals surface area contributed by atoms with Gasteiger partial charge in [-0.05, 0) is 37.3 Å². The molecule has 5 nitrogen and oxygen atoms in total. The lowest BCUT2D eigenvalue weighted by molar-refractivity contribution is -0.115. The number of halogens is 2. The van der Waals surface area contributed by atoms with Crippen LogP contribution in [0.5, 0.6) is 0 Å². The lowest BCUT2D eigenvalue weighted by Gasteiger charge is -2.04. The average molecular weight is 475 g/mol. The Bertz CT molecular complexity index is 1270. The number of hydrogen-bond acceptors (Lipinski definition) is 6. The molecule has 0 atom stereocenters. The molecule has 0 radical (unpaired) electrons. The zero-order valence-corrected chi connectivity index (χ0v) is 18.7. The van der Waals surface area contributed by atoms with Gasteiger partial charge in [0.2, 0.25) is 5.91 Å². The largest absolute Gasteiger partial charge is 0.455 e. The number of rotatable bonds is 6. The van der Waals surface area contributed by atoms with E-state index in [4.69, 9.17) is 16.3 Å². The number of amides is 1. The number of carbonyl (C=O) groups is 2. The Labute approximate surface area is 190 Å². The molecule has 0 fully saturated rings. The molecule has 4 aromatic rings. The highest BCUT2D eigenvalue weighted by atomic mass is 35.5. The minimum atomic E-state index is -0.599. The first kappa shape index (κ1) is 21.4. The number of anilines is 1. The Morgan fingerprint density at radius 2 is 1.97 bits per heavy atom. The van der Waals surface area contributed by atoms with Crippen molar-refractivity contribution in [1.82, 2.24) is 4.98 Å². The smallest absolute Gasteiger partial charge is 0.350 e. The molecular formula is C22H16ClFN2O3S2. The second-order valence-electron chi connectivity index (χ2n) is 6.79. The van der Waals surface area contributed by atoms with Gasteiger partial charge in [-0.25, -0.2) is 14.2 Å². The molecule has 0 unspecified atom stereocenters. The Kier molecular flexibility index (Phi) is 6.31. The fourth-order valence-electron chi connectivity index (χ4n) is 2.85. The second kappa shape index (κ2) is 9.13. The van der Waals surface area contributed by atoms with Crippen molar-refractivity contribution in [3.05, 3.63) is 79.8 Å². The van der Waals surface area contributed by atoms with Gasteiger partial charge in [0.05, 0.1) is 17.1 Å². The van der Waals surface area contributed by atoms with Crippen LogP contribution in [0.2, 0.25) is 5.02 Å². The van der Waals surface area contributed by atoms with Gasteiger partial charge in [0, 0.05) is 21.2 Å². The number of aryl methyl sites for hydroxylation is 1. The minimum Gasteiger partial charge on any atom is -0.455 e. The first-order valence-corrected chi connectivity index (χ1v) is 11.3. The van der Waals surface area contributed by atoms with Crippen molar-refractivity contribution in [2.24, 2.45) is 0 Å². The third kappa shape index (κ3) is 5.10. The predicted octanol–water partition coefficient (Wildman–Crippen LogP) is 6.00. The number of carbonyl (C=O) groups excluding carboxylic acids is 2. The Hall–Kier alpha value is -2.81. The molecule has 9 heteroatoms. The summed E-state index contributed by atoms with van der Waals surface area (Å²) in [5, 5.41) is 6.03. The summed E-state index contributed by atoms with van der Waals surface area (Å²) in [5.74, 6) is -1.17. The van der Waals surface area contributed by atoms with Gasteiger partial charge in [0.1, 0.15) is 22.3 Å². The number of esters is 1. The molecule has 1 amide bonds. The van der Waals surface area contributed by atoms with Gasteiger partial charge < -0.3 is 10.1 Å². The van der Waals surface area contributed by atoms with Crippen molar-refractivity contribution in [1.29, 1.82) is 0 Å². The van der Waals surface area contributed by atoms with Crippen LogP contribution in [0, 0.1) is 12.7 Å². The zero-order valence-electron chi connectivity index (χ0n) is 16.3. The number of fused-ring (bicyclic) bond motifs is 1. The Morgan fingerprint density at radius 3 is 2.74 bits per heavy atom. The molecule has 1 N–H and O–H groups in total. The van der Waals surface area contributed by atoms with Gasteiger partial charge in [0.25, 0.3) is 0 Å². The third-order valence-corrected chi connectivity index (χ3v) is 6.91. The van der Waals surface area contributed by atoms with Gasteiger partial charge in [-0.3, -0.25) is 4.79 Å². The summed E-state index contributed by atoms with van der Waals surface area (Å²) in [6.07, 6.45) is 0.125. The van der Waals surface area contributed by atoms with Gasteiger partial charge >= 0.3 is 5.97 Å². The van der Waals surface area contributed by atoms with Gasteiger partial charge in [-0.2, -0.15) is 0 Å². The van der Waals surface area contributed by atoms with Crippen molar-refractivity contribution < 1.29 is 18.7 Å². The summed E-state index contributed by atoms with van der Waals surface area (Å²) in [7, 11) is 0.